The van der Waals surface area contributed by atoms with Gasteiger partial charge in [-0.2, -0.15) is 0 Å². The SMILES string of the molecule is C=Cc1c(C(=O)O)cc(C(=O)O)c(C=C)c1C(=O)O. The summed E-state index contributed by atoms with van der Waals surface area (Å²) in [6.45, 7) is 6.72. The van der Waals surface area contributed by atoms with E-state index in [1.54, 1.807) is 0 Å². The van der Waals surface area contributed by atoms with Crippen LogP contribution in [0.15, 0.2) is 19.2 Å². The third-order valence-corrected chi connectivity index (χ3v) is 2.49. The summed E-state index contributed by atoms with van der Waals surface area (Å²) in [5, 5.41) is 27.2. The highest BCUT2D eigenvalue weighted by Crippen LogP contribution is 2.26. The lowest BCUT2D eigenvalue weighted by Gasteiger charge is -2.12. The molecule has 3 N–H and O–H groups in total. The van der Waals surface area contributed by atoms with Gasteiger partial charge in [0.05, 0.1) is 16.7 Å². The Morgan fingerprint density at radius 3 is 1.42 bits per heavy atom. The molecule has 0 aliphatic heterocycles. The Morgan fingerprint density at radius 1 is 0.842 bits per heavy atom. The Balaban J connectivity index is 3.98. The first-order valence-corrected chi connectivity index (χ1v) is 5.00. The van der Waals surface area contributed by atoms with Gasteiger partial charge in [0.15, 0.2) is 0 Å². The number of benzene rings is 1. The van der Waals surface area contributed by atoms with Gasteiger partial charge in [-0.25, -0.2) is 14.4 Å². The van der Waals surface area contributed by atoms with Crippen molar-refractivity contribution in [1.82, 2.24) is 0 Å². The Morgan fingerprint density at radius 2 is 1.21 bits per heavy atom. The van der Waals surface area contributed by atoms with E-state index in [-0.39, 0.29) is 11.1 Å². The van der Waals surface area contributed by atoms with Crippen LogP contribution in [0, 0.1) is 0 Å². The summed E-state index contributed by atoms with van der Waals surface area (Å²) in [5.41, 5.74) is -1.62. The first kappa shape index (κ1) is 14.2. The Kier molecular flexibility index (Phi) is 3.86. The zero-order chi connectivity index (χ0) is 14.7. The van der Waals surface area contributed by atoms with Gasteiger partial charge in [-0.1, -0.05) is 25.3 Å². The quantitative estimate of drug-likeness (QED) is 0.748. The van der Waals surface area contributed by atoms with Crippen LogP contribution in [0.2, 0.25) is 0 Å². The van der Waals surface area contributed by atoms with Gasteiger partial charge in [0.2, 0.25) is 0 Å². The fourth-order valence-corrected chi connectivity index (χ4v) is 1.72. The smallest absolute Gasteiger partial charge is 0.336 e. The monoisotopic (exact) mass is 262 g/mol. The minimum Gasteiger partial charge on any atom is -0.478 e. The molecule has 0 aromatic heterocycles. The van der Waals surface area contributed by atoms with Crippen LogP contribution in [-0.4, -0.2) is 33.2 Å². The van der Waals surface area contributed by atoms with Gasteiger partial charge in [0.1, 0.15) is 0 Å². The van der Waals surface area contributed by atoms with Crippen molar-refractivity contribution in [2.24, 2.45) is 0 Å². The minimum absolute atomic E-state index is 0.153. The van der Waals surface area contributed by atoms with E-state index in [1.165, 1.54) is 0 Å². The molecule has 0 saturated carbocycles. The van der Waals surface area contributed by atoms with Gasteiger partial charge in [0, 0.05) is 11.1 Å². The van der Waals surface area contributed by atoms with Crippen molar-refractivity contribution in [2.45, 2.75) is 0 Å². The zero-order valence-electron chi connectivity index (χ0n) is 9.71. The van der Waals surface area contributed by atoms with Crippen LogP contribution in [0.4, 0.5) is 0 Å². The molecule has 0 fully saturated rings. The van der Waals surface area contributed by atoms with Crippen molar-refractivity contribution < 1.29 is 29.7 Å². The number of rotatable bonds is 5. The van der Waals surface area contributed by atoms with Gasteiger partial charge in [-0.15, -0.1) is 0 Å². The summed E-state index contributed by atoms with van der Waals surface area (Å²) >= 11 is 0. The molecule has 6 heteroatoms. The summed E-state index contributed by atoms with van der Waals surface area (Å²) in [6, 6.07) is 0.894. The molecule has 0 amide bonds. The molecule has 19 heavy (non-hydrogen) atoms. The number of carboxylic acids is 3. The van der Waals surface area contributed by atoms with E-state index < -0.39 is 34.6 Å². The van der Waals surface area contributed by atoms with Crippen LogP contribution in [0.3, 0.4) is 0 Å². The standard InChI is InChI=1S/C13H10O6/c1-3-6-8(11(14)15)5-9(12(16)17)7(4-2)10(6)13(18)19/h3-5H,1-2H2,(H,14,15)(H,16,17)(H,18,19). The fourth-order valence-electron chi connectivity index (χ4n) is 1.72. The molecule has 1 rings (SSSR count). The van der Waals surface area contributed by atoms with Crippen LogP contribution in [0.25, 0.3) is 12.2 Å². The number of hydrogen-bond donors (Lipinski definition) is 3. The van der Waals surface area contributed by atoms with Gasteiger partial charge >= 0.3 is 17.9 Å². The molecule has 0 unspecified atom stereocenters. The lowest BCUT2D eigenvalue weighted by molar-refractivity contribution is 0.0695. The summed E-state index contributed by atoms with van der Waals surface area (Å²) < 4.78 is 0. The fraction of sp³-hybridized carbons (Fsp3) is 0. The van der Waals surface area contributed by atoms with E-state index in [2.05, 4.69) is 13.2 Å². The summed E-state index contributed by atoms with van der Waals surface area (Å²) in [5.74, 6) is -4.32. The highest BCUT2D eigenvalue weighted by Gasteiger charge is 2.25. The highest BCUT2D eigenvalue weighted by molar-refractivity contribution is 6.07. The summed E-state index contributed by atoms with van der Waals surface area (Å²) in [4.78, 5) is 33.4. The molecule has 1 aromatic carbocycles. The third kappa shape index (κ3) is 2.37. The molecule has 98 valence electrons. The maximum atomic E-state index is 11.2. The largest absolute Gasteiger partial charge is 0.478 e. The predicted molar refractivity (Wildman–Crippen MR) is 67.5 cm³/mol. The lowest BCUT2D eigenvalue weighted by Crippen LogP contribution is -2.14. The Hall–Kier alpha value is -2.89. The average Bonchev–Trinajstić information content (AvgIpc) is 2.35. The molecular weight excluding hydrogens is 252 g/mol. The second-order valence-electron chi connectivity index (χ2n) is 3.50. The van der Waals surface area contributed by atoms with E-state index in [4.69, 9.17) is 15.3 Å². The van der Waals surface area contributed by atoms with E-state index >= 15 is 0 Å². The number of aromatic carboxylic acids is 3. The second kappa shape index (κ2) is 5.18. The highest BCUT2D eigenvalue weighted by atomic mass is 16.4. The van der Waals surface area contributed by atoms with E-state index in [9.17, 15) is 14.4 Å². The summed E-state index contributed by atoms with van der Waals surface area (Å²) in [6.07, 6.45) is 2.12. The van der Waals surface area contributed by atoms with Crippen molar-refractivity contribution in [2.75, 3.05) is 0 Å². The molecule has 0 heterocycles. The predicted octanol–water partition coefficient (Wildman–Crippen LogP) is 2.07. The van der Waals surface area contributed by atoms with E-state index in [0.717, 1.165) is 18.2 Å². The molecule has 0 radical (unpaired) electrons. The van der Waals surface area contributed by atoms with Crippen molar-refractivity contribution in [3.8, 4) is 0 Å². The van der Waals surface area contributed by atoms with Crippen molar-refractivity contribution in [1.29, 1.82) is 0 Å². The first-order valence-electron chi connectivity index (χ1n) is 5.00. The van der Waals surface area contributed by atoms with Crippen molar-refractivity contribution in [3.63, 3.8) is 0 Å². The van der Waals surface area contributed by atoms with Crippen LogP contribution in [0.5, 0.6) is 0 Å². The second-order valence-corrected chi connectivity index (χ2v) is 3.50. The third-order valence-electron chi connectivity index (χ3n) is 2.49. The van der Waals surface area contributed by atoms with Crippen LogP contribution in [-0.2, 0) is 0 Å². The summed E-state index contributed by atoms with van der Waals surface area (Å²) in [7, 11) is 0. The Labute approximate surface area is 107 Å². The average molecular weight is 262 g/mol. The molecule has 0 saturated heterocycles. The number of carbonyl (C=O) groups is 3. The van der Waals surface area contributed by atoms with Crippen molar-refractivity contribution >= 4 is 30.1 Å². The van der Waals surface area contributed by atoms with E-state index in [1.807, 2.05) is 0 Å². The maximum absolute atomic E-state index is 11.2. The molecule has 0 atom stereocenters. The topological polar surface area (TPSA) is 112 Å². The normalized spacial score (nSPS) is 9.68. The molecule has 0 aliphatic rings. The molecule has 0 aliphatic carbocycles. The number of hydrogen-bond acceptors (Lipinski definition) is 3. The number of carboxylic acid groups (broad SMARTS) is 3. The molecule has 1 aromatic rings. The maximum Gasteiger partial charge on any atom is 0.336 e. The molecule has 0 spiro atoms. The van der Waals surface area contributed by atoms with Crippen LogP contribution >= 0.6 is 0 Å². The van der Waals surface area contributed by atoms with Crippen LogP contribution < -0.4 is 0 Å². The zero-order valence-corrected chi connectivity index (χ0v) is 9.71. The molecular formula is C13H10O6. The van der Waals surface area contributed by atoms with Crippen LogP contribution in [0.1, 0.15) is 42.2 Å². The molecule has 0 bridgehead atoms. The van der Waals surface area contributed by atoms with Crippen molar-refractivity contribution in [3.05, 3.63) is 47.0 Å². The molecule has 6 nitrogen and oxygen atoms in total. The first-order chi connectivity index (χ1) is 8.84. The van der Waals surface area contributed by atoms with E-state index in [0.29, 0.717) is 0 Å². The lowest BCUT2D eigenvalue weighted by atomic mass is 9.91. The van der Waals surface area contributed by atoms with Gasteiger partial charge in [-0.05, 0) is 6.07 Å². The Bertz CT molecular complexity index is 568. The van der Waals surface area contributed by atoms with Gasteiger partial charge in [0.25, 0.3) is 0 Å². The van der Waals surface area contributed by atoms with Gasteiger partial charge in [-0.3, -0.25) is 0 Å². The minimum atomic E-state index is -1.45. The van der Waals surface area contributed by atoms with Gasteiger partial charge < -0.3 is 15.3 Å².